The second kappa shape index (κ2) is 11.6. The Balaban J connectivity index is 0.00000432. The predicted octanol–water partition coefficient (Wildman–Crippen LogP) is 4.81. The van der Waals surface area contributed by atoms with Gasteiger partial charge in [-0.15, -0.1) is 12.4 Å². The van der Waals surface area contributed by atoms with Crippen molar-refractivity contribution in [2.75, 3.05) is 39.3 Å². The molecule has 1 aliphatic heterocycles. The largest absolute Gasteiger partial charge is 0.416 e. The third kappa shape index (κ3) is 7.84. The van der Waals surface area contributed by atoms with Crippen molar-refractivity contribution in [2.24, 2.45) is 0 Å². The maximum Gasteiger partial charge on any atom is 0.416 e. The molecule has 0 aliphatic carbocycles. The Morgan fingerprint density at radius 3 is 2.06 bits per heavy atom. The zero-order valence-electron chi connectivity index (χ0n) is 19.2. The molecule has 0 radical (unpaired) electrons. The number of carbonyl (C=O) groups excluding carboxylic acids is 1. The molecule has 13 heteroatoms. The molecule has 6 nitrogen and oxygen atoms in total. The highest BCUT2D eigenvalue weighted by atomic mass is 35.5. The van der Waals surface area contributed by atoms with E-state index >= 15 is 0 Å². The van der Waals surface area contributed by atoms with Crippen LogP contribution >= 0.6 is 12.4 Å². The number of piperazine rings is 1. The summed E-state index contributed by atoms with van der Waals surface area (Å²) >= 11 is 0. The van der Waals surface area contributed by atoms with Crippen LogP contribution in [0.4, 0.5) is 26.3 Å². The fraction of sp³-hybridized carbons (Fsp3) is 0.545. The van der Waals surface area contributed by atoms with E-state index in [1.807, 2.05) is 19.9 Å². The van der Waals surface area contributed by atoms with E-state index in [4.69, 9.17) is 4.52 Å². The standard InChI is InChI=1S/C22H26F6N4O2.ClH/c1-14(2)19-12-18(34-30-19)13-29-3-4-31-5-7-32(8-6-31)20(33)15-9-16(21(23,24)25)11-17(10-15)22(26,27)28;/h9-12,14,29H,3-8,13H2,1-2H3;1H. The van der Waals surface area contributed by atoms with Gasteiger partial charge in [0.25, 0.3) is 5.91 Å². The molecule has 1 aliphatic rings. The van der Waals surface area contributed by atoms with Gasteiger partial charge in [-0.2, -0.15) is 26.3 Å². The zero-order valence-corrected chi connectivity index (χ0v) is 20.0. The number of nitrogens with zero attached hydrogens (tertiary/aromatic N) is 3. The Hall–Kier alpha value is -2.31. The smallest absolute Gasteiger partial charge is 0.360 e. The summed E-state index contributed by atoms with van der Waals surface area (Å²) in [4.78, 5) is 16.0. The molecule has 1 amide bonds. The molecule has 0 unspecified atom stereocenters. The van der Waals surface area contributed by atoms with Gasteiger partial charge in [0.15, 0.2) is 5.76 Å². The predicted molar refractivity (Wildman–Crippen MR) is 118 cm³/mol. The first kappa shape index (κ1) is 28.9. The fourth-order valence-corrected chi connectivity index (χ4v) is 3.57. The average Bonchev–Trinajstić information content (AvgIpc) is 3.24. The molecule has 2 aromatic rings. The number of alkyl halides is 6. The van der Waals surface area contributed by atoms with Crippen LogP contribution < -0.4 is 5.32 Å². The lowest BCUT2D eigenvalue weighted by atomic mass is 10.0. The van der Waals surface area contributed by atoms with Gasteiger partial charge in [0, 0.05) is 50.9 Å². The van der Waals surface area contributed by atoms with Gasteiger partial charge in [0.05, 0.1) is 23.4 Å². The van der Waals surface area contributed by atoms with Crippen molar-refractivity contribution < 1.29 is 35.7 Å². The summed E-state index contributed by atoms with van der Waals surface area (Å²) in [7, 11) is 0. The lowest BCUT2D eigenvalue weighted by molar-refractivity contribution is -0.143. The van der Waals surface area contributed by atoms with Gasteiger partial charge in [-0.1, -0.05) is 19.0 Å². The van der Waals surface area contributed by atoms with Crippen molar-refractivity contribution in [1.82, 2.24) is 20.3 Å². The molecule has 1 fully saturated rings. The molecule has 196 valence electrons. The van der Waals surface area contributed by atoms with Gasteiger partial charge in [-0.05, 0) is 24.1 Å². The van der Waals surface area contributed by atoms with Gasteiger partial charge in [-0.3, -0.25) is 9.69 Å². The van der Waals surface area contributed by atoms with E-state index in [0.717, 1.165) is 11.5 Å². The van der Waals surface area contributed by atoms with Crippen molar-refractivity contribution in [3.8, 4) is 0 Å². The molecule has 0 bridgehead atoms. The van der Waals surface area contributed by atoms with Crippen LogP contribution in [0.2, 0.25) is 0 Å². The number of benzene rings is 1. The van der Waals surface area contributed by atoms with Crippen LogP contribution in [0.3, 0.4) is 0 Å². The molecule has 1 aromatic carbocycles. The summed E-state index contributed by atoms with van der Waals surface area (Å²) in [5, 5.41) is 7.22. The molecule has 1 saturated heterocycles. The molecule has 3 rings (SSSR count). The van der Waals surface area contributed by atoms with E-state index in [0.29, 0.717) is 44.9 Å². The molecule has 35 heavy (non-hydrogen) atoms. The minimum atomic E-state index is -5.00. The number of nitrogens with one attached hydrogen (secondary N) is 1. The Kier molecular flexibility index (Phi) is 9.60. The Labute approximate surface area is 205 Å². The van der Waals surface area contributed by atoms with Crippen LogP contribution in [0.1, 0.15) is 52.7 Å². The lowest BCUT2D eigenvalue weighted by Crippen LogP contribution is -2.50. The molecule has 1 aromatic heterocycles. The van der Waals surface area contributed by atoms with Crippen molar-refractivity contribution in [1.29, 1.82) is 0 Å². The minimum absolute atomic E-state index is 0. The van der Waals surface area contributed by atoms with Gasteiger partial charge in [-0.25, -0.2) is 0 Å². The van der Waals surface area contributed by atoms with Crippen molar-refractivity contribution in [3.63, 3.8) is 0 Å². The topological polar surface area (TPSA) is 61.6 Å². The minimum Gasteiger partial charge on any atom is -0.360 e. The summed E-state index contributed by atoms with van der Waals surface area (Å²) in [6.45, 7) is 7.16. The maximum atomic E-state index is 13.1. The Bertz CT molecular complexity index is 953. The molecule has 0 atom stereocenters. The van der Waals surface area contributed by atoms with E-state index < -0.39 is 35.0 Å². The van der Waals surface area contributed by atoms with Crippen LogP contribution in [0.25, 0.3) is 0 Å². The second-order valence-electron chi connectivity index (χ2n) is 8.48. The van der Waals surface area contributed by atoms with Crippen LogP contribution in [0.5, 0.6) is 0 Å². The first-order valence-electron chi connectivity index (χ1n) is 10.8. The van der Waals surface area contributed by atoms with Gasteiger partial charge in [0.2, 0.25) is 0 Å². The van der Waals surface area contributed by atoms with E-state index in [9.17, 15) is 31.1 Å². The monoisotopic (exact) mass is 528 g/mol. The molecular formula is C22H27ClF6N4O2. The first-order chi connectivity index (χ1) is 15.8. The van der Waals surface area contributed by atoms with Crippen LogP contribution in [0.15, 0.2) is 28.8 Å². The molecular weight excluding hydrogens is 502 g/mol. The Morgan fingerprint density at radius 2 is 1.57 bits per heavy atom. The number of aromatic nitrogens is 1. The van der Waals surface area contributed by atoms with E-state index in [2.05, 4.69) is 15.4 Å². The van der Waals surface area contributed by atoms with Crippen LogP contribution in [-0.2, 0) is 18.9 Å². The third-order valence-corrected chi connectivity index (χ3v) is 5.57. The quantitative estimate of drug-likeness (QED) is 0.413. The summed E-state index contributed by atoms with van der Waals surface area (Å²) in [6, 6.07) is 2.86. The van der Waals surface area contributed by atoms with Crippen LogP contribution in [0, 0.1) is 0 Å². The zero-order chi connectivity index (χ0) is 25.1. The number of hydrogen-bond donors (Lipinski definition) is 1. The highest BCUT2D eigenvalue weighted by molar-refractivity contribution is 5.94. The number of rotatable bonds is 7. The van der Waals surface area contributed by atoms with Gasteiger partial charge >= 0.3 is 12.4 Å². The molecule has 0 saturated carbocycles. The van der Waals surface area contributed by atoms with Gasteiger partial charge in [0.1, 0.15) is 0 Å². The van der Waals surface area contributed by atoms with Crippen molar-refractivity contribution in [2.45, 2.75) is 38.7 Å². The molecule has 2 heterocycles. The fourth-order valence-electron chi connectivity index (χ4n) is 3.57. The van der Waals surface area contributed by atoms with Crippen LogP contribution in [-0.4, -0.2) is 60.1 Å². The number of hydrogen-bond acceptors (Lipinski definition) is 5. The summed E-state index contributed by atoms with van der Waals surface area (Å²) < 4.78 is 83.7. The second-order valence-corrected chi connectivity index (χ2v) is 8.48. The number of halogens is 7. The average molecular weight is 529 g/mol. The summed E-state index contributed by atoms with van der Waals surface area (Å²) in [5.41, 5.74) is -2.74. The SMILES string of the molecule is CC(C)c1cc(CNCCN2CCN(C(=O)c3cc(C(F)(F)F)cc(C(F)(F)F)c3)CC2)on1.Cl. The molecule has 0 spiro atoms. The van der Waals surface area contributed by atoms with E-state index in [-0.39, 0.29) is 37.5 Å². The first-order valence-corrected chi connectivity index (χ1v) is 10.8. The lowest BCUT2D eigenvalue weighted by Gasteiger charge is -2.35. The van der Waals surface area contributed by atoms with Crippen molar-refractivity contribution in [3.05, 3.63) is 52.4 Å². The van der Waals surface area contributed by atoms with Crippen molar-refractivity contribution >= 4 is 18.3 Å². The number of carbonyl (C=O) groups is 1. The Morgan fingerprint density at radius 1 is 1.00 bits per heavy atom. The normalized spacial score (nSPS) is 15.4. The highest BCUT2D eigenvalue weighted by Crippen LogP contribution is 2.36. The van der Waals surface area contributed by atoms with Gasteiger partial charge < -0.3 is 14.7 Å². The number of amides is 1. The van der Waals surface area contributed by atoms with E-state index in [1.165, 1.54) is 4.90 Å². The molecule has 1 N–H and O–H groups in total. The highest BCUT2D eigenvalue weighted by Gasteiger charge is 2.38. The summed E-state index contributed by atoms with van der Waals surface area (Å²) in [5.74, 6) is 0.145. The third-order valence-electron chi connectivity index (χ3n) is 5.57. The summed E-state index contributed by atoms with van der Waals surface area (Å²) in [6.07, 6.45) is -9.99. The maximum absolute atomic E-state index is 13.1. The van der Waals surface area contributed by atoms with E-state index in [1.54, 1.807) is 0 Å².